The Balaban J connectivity index is 1.79. The van der Waals surface area contributed by atoms with Crippen LogP contribution in [0.4, 0.5) is 5.69 Å². The predicted molar refractivity (Wildman–Crippen MR) is 109 cm³/mol. The summed E-state index contributed by atoms with van der Waals surface area (Å²) in [6.07, 6.45) is 15.3. The molecular weight excluding hydrogens is 321 g/mol. The zero-order valence-electron chi connectivity index (χ0n) is 13.5. The molecule has 0 atom stereocenters. The molecule has 0 spiro atoms. The monoisotopic (exact) mass is 335 g/mol. The zero-order valence-corrected chi connectivity index (χ0v) is 14.3. The lowest BCUT2D eigenvalue weighted by Crippen LogP contribution is -2.38. The standard InChI is InChI=1S/C22H14BNS/c1-2-9-18-15(7-1)20-16-8-3-5-12-23(16)17-11-14-25-22(17)21(20)19-10-4-6-13-24(18)19/h1-14H. The van der Waals surface area contributed by atoms with Crippen LogP contribution in [0.3, 0.4) is 0 Å². The minimum Gasteiger partial charge on any atom is -0.316 e. The number of fused-ring (bicyclic) bond motifs is 9. The SMILES string of the molecule is C1=CB2C(=C3C(=C4C=CC=CN4c4ccccc43)c3sccc32)C=C1. The van der Waals surface area contributed by atoms with E-state index >= 15 is 0 Å². The van der Waals surface area contributed by atoms with E-state index < -0.39 is 0 Å². The van der Waals surface area contributed by atoms with E-state index in [9.17, 15) is 0 Å². The lowest BCUT2D eigenvalue weighted by atomic mass is 9.36. The van der Waals surface area contributed by atoms with Crippen LogP contribution in [0.2, 0.25) is 0 Å². The highest BCUT2D eigenvalue weighted by atomic mass is 32.1. The number of thiophene rings is 1. The van der Waals surface area contributed by atoms with Gasteiger partial charge in [-0.05, 0) is 29.2 Å². The van der Waals surface area contributed by atoms with Crippen molar-refractivity contribution in [1.29, 1.82) is 0 Å². The van der Waals surface area contributed by atoms with Crippen molar-refractivity contribution in [3.63, 3.8) is 0 Å². The molecule has 0 radical (unpaired) electrons. The third-order valence-corrected chi connectivity index (χ3v) is 6.32. The average molecular weight is 335 g/mol. The minimum absolute atomic E-state index is 0.369. The van der Waals surface area contributed by atoms with E-state index in [0.717, 1.165) is 0 Å². The lowest BCUT2D eigenvalue weighted by molar-refractivity contribution is 1.17. The van der Waals surface area contributed by atoms with Gasteiger partial charge in [0.25, 0.3) is 0 Å². The van der Waals surface area contributed by atoms with E-state index in [0.29, 0.717) is 6.71 Å². The molecule has 4 aliphatic rings. The molecule has 4 aliphatic heterocycles. The van der Waals surface area contributed by atoms with Gasteiger partial charge in [-0.3, -0.25) is 0 Å². The van der Waals surface area contributed by atoms with E-state index in [-0.39, 0.29) is 0 Å². The van der Waals surface area contributed by atoms with E-state index in [1.807, 2.05) is 11.3 Å². The Hall–Kier alpha value is -2.78. The Kier molecular flexibility index (Phi) is 2.63. The van der Waals surface area contributed by atoms with Gasteiger partial charge in [0.05, 0.1) is 11.4 Å². The van der Waals surface area contributed by atoms with Gasteiger partial charge in [0.1, 0.15) is 0 Å². The maximum Gasteiger partial charge on any atom is 0.236 e. The molecule has 2 aromatic rings. The van der Waals surface area contributed by atoms with Gasteiger partial charge in [-0.1, -0.05) is 59.5 Å². The van der Waals surface area contributed by atoms with Crippen LogP contribution in [-0.2, 0) is 0 Å². The number of anilines is 1. The van der Waals surface area contributed by atoms with Crippen LogP contribution in [-0.4, -0.2) is 6.71 Å². The fourth-order valence-corrected chi connectivity index (χ4v) is 5.37. The van der Waals surface area contributed by atoms with Crippen molar-refractivity contribution >= 4 is 40.3 Å². The number of para-hydroxylation sites is 1. The Bertz CT molecular complexity index is 1110. The van der Waals surface area contributed by atoms with Gasteiger partial charge in [0, 0.05) is 22.2 Å². The number of benzene rings is 1. The highest BCUT2D eigenvalue weighted by Crippen LogP contribution is 2.50. The van der Waals surface area contributed by atoms with E-state index in [1.165, 1.54) is 43.9 Å². The van der Waals surface area contributed by atoms with Crippen LogP contribution >= 0.6 is 11.3 Å². The second-order valence-corrected chi connectivity index (χ2v) is 7.52. The summed E-state index contributed by atoms with van der Waals surface area (Å²) in [6, 6.07) is 11.1. The van der Waals surface area contributed by atoms with Crippen molar-refractivity contribution < 1.29 is 0 Å². The molecule has 1 aromatic carbocycles. The highest BCUT2D eigenvalue weighted by molar-refractivity contribution is 7.14. The second-order valence-electron chi connectivity index (χ2n) is 6.61. The summed E-state index contributed by atoms with van der Waals surface area (Å²) < 4.78 is 0. The molecule has 25 heavy (non-hydrogen) atoms. The van der Waals surface area contributed by atoms with Gasteiger partial charge in [-0.25, -0.2) is 0 Å². The smallest absolute Gasteiger partial charge is 0.236 e. The van der Waals surface area contributed by atoms with E-state index in [4.69, 9.17) is 0 Å². The Labute approximate surface area is 151 Å². The highest BCUT2D eigenvalue weighted by Gasteiger charge is 2.38. The minimum atomic E-state index is 0.369. The molecule has 0 N–H and O–H groups in total. The molecule has 1 aromatic heterocycles. The van der Waals surface area contributed by atoms with Gasteiger partial charge in [0.2, 0.25) is 6.71 Å². The van der Waals surface area contributed by atoms with Crippen molar-refractivity contribution in [1.82, 2.24) is 0 Å². The predicted octanol–water partition coefficient (Wildman–Crippen LogP) is 4.74. The topological polar surface area (TPSA) is 3.24 Å². The molecule has 0 aliphatic carbocycles. The van der Waals surface area contributed by atoms with Crippen molar-refractivity contribution in [2.45, 2.75) is 0 Å². The van der Waals surface area contributed by atoms with Crippen LogP contribution in [0, 0.1) is 0 Å². The fraction of sp³-hybridized carbons (Fsp3) is 0. The molecule has 0 saturated carbocycles. The molecule has 3 heteroatoms. The van der Waals surface area contributed by atoms with E-state index in [1.54, 1.807) is 0 Å². The summed E-state index contributed by atoms with van der Waals surface area (Å²) in [5.74, 6) is 2.33. The number of allylic oxidation sites excluding steroid dienone is 9. The zero-order chi connectivity index (χ0) is 16.4. The maximum absolute atomic E-state index is 2.33. The normalized spacial score (nSPS) is 18.9. The van der Waals surface area contributed by atoms with Gasteiger partial charge >= 0.3 is 0 Å². The first-order chi connectivity index (χ1) is 12.4. The summed E-state index contributed by atoms with van der Waals surface area (Å²) in [7, 11) is 0. The summed E-state index contributed by atoms with van der Waals surface area (Å²) in [4.78, 5) is 3.75. The molecule has 0 unspecified atom stereocenters. The third kappa shape index (κ3) is 1.69. The van der Waals surface area contributed by atoms with Gasteiger partial charge in [-0.15, -0.1) is 17.3 Å². The Morgan fingerprint density at radius 3 is 2.80 bits per heavy atom. The lowest BCUT2D eigenvalue weighted by Gasteiger charge is -2.38. The van der Waals surface area contributed by atoms with Crippen molar-refractivity contribution in [3.05, 3.63) is 106 Å². The van der Waals surface area contributed by atoms with Crippen LogP contribution in [0.15, 0.2) is 95.5 Å². The summed E-state index contributed by atoms with van der Waals surface area (Å²) in [5.41, 5.74) is 9.54. The molecule has 0 saturated heterocycles. The number of rotatable bonds is 0. The second kappa shape index (κ2) is 4.87. The van der Waals surface area contributed by atoms with Crippen molar-refractivity contribution in [2.75, 3.05) is 4.90 Å². The molecule has 5 heterocycles. The Morgan fingerprint density at radius 2 is 1.80 bits per heavy atom. The summed E-state index contributed by atoms with van der Waals surface area (Å²) in [6.45, 7) is 0.369. The largest absolute Gasteiger partial charge is 0.316 e. The molecule has 0 amide bonds. The fourth-order valence-electron chi connectivity index (χ4n) is 4.36. The van der Waals surface area contributed by atoms with Crippen molar-refractivity contribution in [3.8, 4) is 0 Å². The Morgan fingerprint density at radius 1 is 0.880 bits per heavy atom. The summed E-state index contributed by atoms with van der Waals surface area (Å²) in [5, 5.41) is 2.23. The third-order valence-electron chi connectivity index (χ3n) is 5.37. The molecule has 0 fully saturated rings. The first-order valence-corrected chi connectivity index (χ1v) is 9.46. The van der Waals surface area contributed by atoms with Crippen LogP contribution < -0.4 is 10.4 Å². The van der Waals surface area contributed by atoms with Gasteiger partial charge < -0.3 is 4.90 Å². The molecule has 6 rings (SSSR count). The molecule has 116 valence electrons. The number of hydrogen-bond acceptors (Lipinski definition) is 2. The first kappa shape index (κ1) is 13.5. The van der Waals surface area contributed by atoms with Gasteiger partial charge in [-0.2, -0.15) is 0 Å². The quantitative estimate of drug-likeness (QED) is 0.629. The van der Waals surface area contributed by atoms with Gasteiger partial charge in [0.15, 0.2) is 0 Å². The molecular formula is C22H14BNS. The van der Waals surface area contributed by atoms with Crippen LogP contribution in [0.25, 0.3) is 11.1 Å². The van der Waals surface area contributed by atoms with E-state index in [2.05, 4.69) is 89.2 Å². The maximum atomic E-state index is 2.33. The van der Waals surface area contributed by atoms with Crippen LogP contribution in [0.5, 0.6) is 0 Å². The summed E-state index contributed by atoms with van der Waals surface area (Å²) >= 11 is 1.86. The number of hydrogen-bond donors (Lipinski definition) is 0. The first-order valence-electron chi connectivity index (χ1n) is 8.58. The van der Waals surface area contributed by atoms with Crippen LogP contribution in [0.1, 0.15) is 10.4 Å². The number of nitrogens with zero attached hydrogens (tertiary/aromatic N) is 1. The average Bonchev–Trinajstić information content (AvgIpc) is 3.17. The molecule has 1 nitrogen and oxygen atoms in total. The van der Waals surface area contributed by atoms with Crippen molar-refractivity contribution in [2.24, 2.45) is 0 Å². The molecule has 0 bridgehead atoms.